The van der Waals surface area contributed by atoms with E-state index in [0.717, 1.165) is 27.7 Å². The molecular formula is C25H28N4O3S2. The predicted molar refractivity (Wildman–Crippen MR) is 133 cm³/mol. The van der Waals surface area contributed by atoms with Gasteiger partial charge in [0.2, 0.25) is 5.91 Å². The number of aromatic nitrogens is 3. The van der Waals surface area contributed by atoms with Crippen molar-refractivity contribution in [2.24, 2.45) is 17.8 Å². The maximum atomic E-state index is 12.6. The molecule has 2 aliphatic rings. The number of hydrogen-bond acceptors (Lipinski definition) is 7. The highest BCUT2D eigenvalue weighted by Crippen LogP contribution is 2.53. The largest absolute Gasteiger partial charge is 0.497 e. The van der Waals surface area contributed by atoms with Crippen LogP contribution in [0.15, 0.2) is 46.9 Å². The van der Waals surface area contributed by atoms with Crippen molar-refractivity contribution in [1.82, 2.24) is 20.1 Å². The number of methoxy groups -OCH3 is 1. The number of thioether (sulfide) groups is 1. The molecule has 2 heterocycles. The average Bonchev–Trinajstić information content (AvgIpc) is 3.66. The highest BCUT2D eigenvalue weighted by atomic mass is 32.2. The summed E-state index contributed by atoms with van der Waals surface area (Å²) in [6.45, 7) is 2.27. The second-order valence-electron chi connectivity index (χ2n) is 9.13. The fourth-order valence-corrected chi connectivity index (χ4v) is 7.03. The summed E-state index contributed by atoms with van der Waals surface area (Å²) in [6.07, 6.45) is 5.27. The summed E-state index contributed by atoms with van der Waals surface area (Å²) in [5.41, 5.74) is 0.409. The number of fused-ring (bicyclic) bond motifs is 2. The topological polar surface area (TPSA) is 86.1 Å². The summed E-state index contributed by atoms with van der Waals surface area (Å²) in [4.78, 5) is 26.1. The van der Waals surface area contributed by atoms with E-state index in [2.05, 4.69) is 33.1 Å². The smallest absolute Gasteiger partial charge is 0.257 e. The molecule has 4 atom stereocenters. The molecule has 0 aliphatic heterocycles. The van der Waals surface area contributed by atoms with Gasteiger partial charge in [0.15, 0.2) is 11.0 Å². The van der Waals surface area contributed by atoms with E-state index < -0.39 is 5.91 Å². The van der Waals surface area contributed by atoms with Crippen molar-refractivity contribution < 1.29 is 14.3 Å². The van der Waals surface area contributed by atoms with Gasteiger partial charge >= 0.3 is 0 Å². The molecule has 7 nitrogen and oxygen atoms in total. The molecule has 2 fully saturated rings. The molecule has 178 valence electrons. The Morgan fingerprint density at radius 1 is 1.21 bits per heavy atom. The Bertz CT molecular complexity index is 1160. The molecule has 4 unspecified atom stereocenters. The lowest BCUT2D eigenvalue weighted by Crippen LogP contribution is -2.32. The number of nitrogens with zero attached hydrogens (tertiary/aromatic N) is 3. The van der Waals surface area contributed by atoms with E-state index in [1.807, 2.05) is 11.4 Å². The summed E-state index contributed by atoms with van der Waals surface area (Å²) in [6, 6.07) is 11.0. The van der Waals surface area contributed by atoms with E-state index in [1.54, 1.807) is 42.7 Å². The number of ether oxygens (including phenoxy) is 1. The molecule has 0 radical (unpaired) electrons. The van der Waals surface area contributed by atoms with Gasteiger partial charge in [0.05, 0.1) is 17.7 Å². The van der Waals surface area contributed by atoms with Crippen LogP contribution >= 0.6 is 23.1 Å². The van der Waals surface area contributed by atoms with Gasteiger partial charge in [-0.1, -0.05) is 24.2 Å². The van der Waals surface area contributed by atoms with Gasteiger partial charge < -0.3 is 4.74 Å². The molecule has 9 heteroatoms. The van der Waals surface area contributed by atoms with Crippen LogP contribution < -0.4 is 10.1 Å². The van der Waals surface area contributed by atoms with Crippen molar-refractivity contribution in [3.63, 3.8) is 0 Å². The van der Waals surface area contributed by atoms with E-state index in [4.69, 9.17) is 4.74 Å². The van der Waals surface area contributed by atoms with Crippen molar-refractivity contribution >= 4 is 34.9 Å². The third-order valence-electron chi connectivity index (χ3n) is 7.16. The van der Waals surface area contributed by atoms with Gasteiger partial charge in [-0.3, -0.25) is 19.5 Å². The maximum Gasteiger partial charge on any atom is 0.257 e. The van der Waals surface area contributed by atoms with Gasteiger partial charge in [-0.05, 0) is 79.7 Å². The zero-order valence-electron chi connectivity index (χ0n) is 19.3. The zero-order valence-corrected chi connectivity index (χ0v) is 20.9. The fraction of sp³-hybridized carbons (Fsp3) is 0.440. The summed E-state index contributed by atoms with van der Waals surface area (Å²) in [7, 11) is 1.57. The number of amides is 2. The molecule has 0 spiro atoms. The SMILES string of the molecule is COc1ccc(C(=O)NC(=O)CSc2nnc(-c3cccs3)n2C(C)C2CC3CCC2C3)cc1. The first-order valence-corrected chi connectivity index (χ1v) is 13.5. The van der Waals surface area contributed by atoms with Crippen molar-refractivity contribution in [3.8, 4) is 16.5 Å². The standard InChI is InChI=1S/C25H28N4O3S2/c1-15(20-13-16-5-6-18(20)12-16)29-23(21-4-3-11-33-21)27-28-25(29)34-14-22(30)26-24(31)17-7-9-19(32-2)10-8-17/h3-4,7-11,15-16,18,20H,5-6,12-14H2,1-2H3,(H,26,30,31). The van der Waals surface area contributed by atoms with Gasteiger partial charge in [0, 0.05) is 11.6 Å². The number of imide groups is 1. The Labute approximate surface area is 207 Å². The van der Waals surface area contributed by atoms with Crippen LogP contribution in [0.4, 0.5) is 0 Å². The maximum absolute atomic E-state index is 12.6. The summed E-state index contributed by atoms with van der Waals surface area (Å²) in [5.74, 6) is 3.06. The number of hydrogen-bond donors (Lipinski definition) is 1. The van der Waals surface area contributed by atoms with Crippen molar-refractivity contribution in [1.29, 1.82) is 0 Å². The van der Waals surface area contributed by atoms with Gasteiger partial charge in [0.25, 0.3) is 5.91 Å². The minimum absolute atomic E-state index is 0.0912. The van der Waals surface area contributed by atoms with E-state index >= 15 is 0 Å². The zero-order chi connectivity index (χ0) is 23.7. The summed E-state index contributed by atoms with van der Waals surface area (Å²) in [5, 5.41) is 14.2. The minimum Gasteiger partial charge on any atom is -0.497 e. The molecule has 0 saturated heterocycles. The molecule has 5 rings (SSSR count). The molecule has 2 aromatic heterocycles. The van der Waals surface area contributed by atoms with E-state index in [0.29, 0.717) is 17.2 Å². The van der Waals surface area contributed by atoms with Crippen molar-refractivity contribution in [3.05, 3.63) is 47.3 Å². The second-order valence-corrected chi connectivity index (χ2v) is 11.0. The number of benzene rings is 1. The first kappa shape index (κ1) is 23.1. The van der Waals surface area contributed by atoms with Gasteiger partial charge in [-0.25, -0.2) is 0 Å². The lowest BCUT2D eigenvalue weighted by molar-refractivity contribution is -0.117. The van der Waals surface area contributed by atoms with Gasteiger partial charge in [-0.2, -0.15) is 0 Å². The number of carbonyl (C=O) groups is 2. The third kappa shape index (κ3) is 4.63. The first-order valence-electron chi connectivity index (χ1n) is 11.6. The fourth-order valence-electron chi connectivity index (χ4n) is 5.50. The molecule has 2 bridgehead atoms. The summed E-state index contributed by atoms with van der Waals surface area (Å²) >= 11 is 2.98. The van der Waals surface area contributed by atoms with Crippen LogP contribution in [0.1, 0.15) is 49.0 Å². The Kier molecular flexibility index (Phi) is 6.74. The molecular weight excluding hydrogens is 468 g/mol. The minimum atomic E-state index is -0.427. The molecule has 2 aliphatic carbocycles. The second kappa shape index (κ2) is 9.92. The third-order valence-corrected chi connectivity index (χ3v) is 8.97. The number of rotatable bonds is 8. The van der Waals surface area contributed by atoms with Crippen LogP contribution in [0.5, 0.6) is 5.75 Å². The quantitative estimate of drug-likeness (QED) is 0.439. The molecule has 2 amide bonds. The number of nitrogens with one attached hydrogen (secondary N) is 1. The lowest BCUT2D eigenvalue weighted by Gasteiger charge is -2.30. The Hall–Kier alpha value is -2.65. The molecule has 2 saturated carbocycles. The van der Waals surface area contributed by atoms with E-state index in [9.17, 15) is 9.59 Å². The Morgan fingerprint density at radius 3 is 2.68 bits per heavy atom. The Balaban J connectivity index is 1.29. The van der Waals surface area contributed by atoms with E-state index in [-0.39, 0.29) is 17.7 Å². The van der Waals surface area contributed by atoms with Crippen molar-refractivity contribution in [2.45, 2.75) is 43.8 Å². The average molecular weight is 497 g/mol. The first-order chi connectivity index (χ1) is 16.5. The van der Waals surface area contributed by atoms with Crippen molar-refractivity contribution in [2.75, 3.05) is 12.9 Å². The highest BCUT2D eigenvalue weighted by molar-refractivity contribution is 7.99. The number of thiophene rings is 1. The monoisotopic (exact) mass is 496 g/mol. The Morgan fingerprint density at radius 2 is 2.03 bits per heavy atom. The lowest BCUT2D eigenvalue weighted by atomic mass is 9.84. The number of carbonyl (C=O) groups excluding carboxylic acids is 2. The van der Waals surface area contributed by atoms with Crippen LogP contribution in [-0.4, -0.2) is 39.4 Å². The summed E-state index contributed by atoms with van der Waals surface area (Å²) < 4.78 is 7.34. The molecule has 1 N–H and O–H groups in total. The van der Waals surface area contributed by atoms with Crippen LogP contribution in [-0.2, 0) is 4.79 Å². The highest BCUT2D eigenvalue weighted by Gasteiger charge is 2.43. The predicted octanol–water partition coefficient (Wildman–Crippen LogP) is 5.06. The molecule has 34 heavy (non-hydrogen) atoms. The molecule has 1 aromatic carbocycles. The van der Waals surface area contributed by atoms with Crippen LogP contribution in [0.2, 0.25) is 0 Å². The van der Waals surface area contributed by atoms with Gasteiger partial charge in [0.1, 0.15) is 5.75 Å². The van der Waals surface area contributed by atoms with E-state index in [1.165, 1.54) is 37.4 Å². The van der Waals surface area contributed by atoms with Crippen LogP contribution in [0, 0.1) is 17.8 Å². The van der Waals surface area contributed by atoms with Crippen LogP contribution in [0.3, 0.4) is 0 Å². The van der Waals surface area contributed by atoms with Crippen LogP contribution in [0.25, 0.3) is 10.7 Å². The normalized spacial score (nSPS) is 22.0. The van der Waals surface area contributed by atoms with Gasteiger partial charge in [-0.15, -0.1) is 21.5 Å². The molecule has 3 aromatic rings.